The van der Waals surface area contributed by atoms with Gasteiger partial charge in [0.05, 0.1) is 18.2 Å². The Bertz CT molecular complexity index is 932. The van der Waals surface area contributed by atoms with Gasteiger partial charge in [-0.3, -0.25) is 9.80 Å². The van der Waals surface area contributed by atoms with E-state index in [1.54, 1.807) is 11.8 Å². The molecule has 0 aliphatic carbocycles. The number of amides is 4. The predicted molar refractivity (Wildman–Crippen MR) is 130 cm³/mol. The zero-order valence-corrected chi connectivity index (χ0v) is 20.7. The smallest absolute Gasteiger partial charge is 0.338 e. The Kier molecular flexibility index (Phi) is 8.92. The number of nitrogens with zero attached hydrogens (tertiary/aromatic N) is 3. The number of aryl methyl sites for hydroxylation is 1. The van der Waals surface area contributed by atoms with E-state index in [1.165, 1.54) is 0 Å². The van der Waals surface area contributed by atoms with Gasteiger partial charge in [0.2, 0.25) is 0 Å². The minimum absolute atomic E-state index is 0.0532. The fraction of sp³-hybridized carbons (Fsp3) is 0.560. The van der Waals surface area contributed by atoms with Gasteiger partial charge in [-0.15, -0.1) is 0 Å². The number of benzene rings is 1. The third-order valence-electron chi connectivity index (χ3n) is 6.20. The van der Waals surface area contributed by atoms with Gasteiger partial charge in [-0.05, 0) is 39.7 Å². The monoisotopic (exact) mass is 471 g/mol. The zero-order valence-electron chi connectivity index (χ0n) is 20.7. The first kappa shape index (κ1) is 25.6. The van der Waals surface area contributed by atoms with Crippen LogP contribution in [-0.4, -0.2) is 85.2 Å². The Morgan fingerprint density at radius 1 is 1.15 bits per heavy atom. The Morgan fingerprint density at radius 3 is 2.62 bits per heavy atom. The van der Waals surface area contributed by atoms with Gasteiger partial charge in [-0.1, -0.05) is 29.8 Å². The summed E-state index contributed by atoms with van der Waals surface area (Å²) in [6, 6.07) is 6.96. The summed E-state index contributed by atoms with van der Waals surface area (Å²) in [7, 11) is 0. The van der Waals surface area contributed by atoms with Gasteiger partial charge in [-0.25, -0.2) is 14.4 Å². The minimum Gasteiger partial charge on any atom is -0.463 e. The van der Waals surface area contributed by atoms with Crippen molar-refractivity contribution in [3.8, 4) is 0 Å². The van der Waals surface area contributed by atoms with Crippen LogP contribution in [0.25, 0.3) is 0 Å². The summed E-state index contributed by atoms with van der Waals surface area (Å²) < 4.78 is 5.46. The molecule has 1 saturated heterocycles. The number of hydrogen-bond donors (Lipinski definition) is 2. The molecule has 3 rings (SSSR count). The van der Waals surface area contributed by atoms with E-state index < -0.39 is 12.0 Å². The van der Waals surface area contributed by atoms with Crippen LogP contribution < -0.4 is 10.6 Å². The van der Waals surface area contributed by atoms with Crippen molar-refractivity contribution >= 4 is 18.0 Å². The summed E-state index contributed by atoms with van der Waals surface area (Å²) in [5.41, 5.74) is 3.04. The molecule has 1 aromatic carbocycles. The molecule has 1 fully saturated rings. The number of carbonyl (C=O) groups excluding carboxylic acids is 3. The third-order valence-corrected chi connectivity index (χ3v) is 6.20. The number of nitrogens with one attached hydrogen (secondary N) is 2. The number of likely N-dealkylation sites (N-methyl/N-ethyl adjacent to an activating group) is 1. The highest BCUT2D eigenvalue weighted by Gasteiger charge is 2.38. The van der Waals surface area contributed by atoms with E-state index >= 15 is 0 Å². The van der Waals surface area contributed by atoms with E-state index in [2.05, 4.69) is 15.5 Å². The number of hydrogen-bond acceptors (Lipinski definition) is 5. The first-order chi connectivity index (χ1) is 16.4. The lowest BCUT2D eigenvalue weighted by Crippen LogP contribution is -2.51. The molecule has 1 atom stereocenters. The molecule has 1 aromatic rings. The summed E-state index contributed by atoms with van der Waals surface area (Å²) >= 11 is 0. The molecule has 0 spiro atoms. The molecule has 1 unspecified atom stereocenters. The highest BCUT2D eigenvalue weighted by Crippen LogP contribution is 2.32. The number of carbonyl (C=O) groups is 3. The molecule has 9 heteroatoms. The van der Waals surface area contributed by atoms with Crippen molar-refractivity contribution in [3.63, 3.8) is 0 Å². The van der Waals surface area contributed by atoms with Crippen molar-refractivity contribution in [2.75, 3.05) is 52.4 Å². The second-order valence-corrected chi connectivity index (χ2v) is 8.57. The van der Waals surface area contributed by atoms with Crippen LogP contribution in [-0.2, 0) is 9.53 Å². The fourth-order valence-electron chi connectivity index (χ4n) is 4.56. The summed E-state index contributed by atoms with van der Waals surface area (Å²) in [5, 5.41) is 5.88. The van der Waals surface area contributed by atoms with E-state index in [-0.39, 0.29) is 18.7 Å². The Morgan fingerprint density at radius 2 is 1.94 bits per heavy atom. The standard InChI is InChI=1S/C25H37N5O4/c1-5-26-24(32)29-13-9-12-28(14-15-29)17-20-21(23(31)34-7-3)22(27-25(33)30(20)6-2)19-11-8-10-18(4)16-19/h8,10-11,16,22H,5-7,9,12-15,17H2,1-4H3,(H,26,32)(H,27,33). The van der Waals surface area contributed by atoms with Gasteiger partial charge in [0.15, 0.2) is 0 Å². The number of urea groups is 2. The largest absolute Gasteiger partial charge is 0.463 e. The van der Waals surface area contributed by atoms with Gasteiger partial charge >= 0.3 is 18.0 Å². The molecule has 0 aromatic heterocycles. The predicted octanol–water partition coefficient (Wildman–Crippen LogP) is 2.64. The van der Waals surface area contributed by atoms with Crippen molar-refractivity contribution in [2.45, 2.75) is 40.2 Å². The quantitative estimate of drug-likeness (QED) is 0.597. The maximum absolute atomic E-state index is 13.2. The topological polar surface area (TPSA) is 94.2 Å². The molecule has 9 nitrogen and oxygen atoms in total. The average molecular weight is 472 g/mol. The van der Waals surface area contributed by atoms with Crippen LogP contribution in [0.3, 0.4) is 0 Å². The molecule has 2 heterocycles. The van der Waals surface area contributed by atoms with Crippen LogP contribution in [0, 0.1) is 6.92 Å². The van der Waals surface area contributed by atoms with Gasteiger partial charge < -0.3 is 20.3 Å². The summed E-state index contributed by atoms with van der Waals surface area (Å²) in [4.78, 5) is 44.3. The van der Waals surface area contributed by atoms with Crippen molar-refractivity contribution in [1.29, 1.82) is 0 Å². The lowest BCUT2D eigenvalue weighted by atomic mass is 9.93. The molecular formula is C25H37N5O4. The minimum atomic E-state index is -0.581. The van der Waals surface area contributed by atoms with Gasteiger partial charge in [0.1, 0.15) is 0 Å². The fourth-order valence-corrected chi connectivity index (χ4v) is 4.56. The van der Waals surface area contributed by atoms with Gasteiger partial charge in [-0.2, -0.15) is 0 Å². The molecule has 0 saturated carbocycles. The number of ether oxygens (including phenoxy) is 1. The summed E-state index contributed by atoms with van der Waals surface area (Å²) in [6.45, 7) is 12.0. The van der Waals surface area contributed by atoms with Crippen molar-refractivity contribution < 1.29 is 19.1 Å². The maximum Gasteiger partial charge on any atom is 0.338 e. The van der Waals surface area contributed by atoms with Crippen molar-refractivity contribution in [2.24, 2.45) is 0 Å². The molecule has 0 radical (unpaired) electrons. The van der Waals surface area contributed by atoms with E-state index in [4.69, 9.17) is 4.74 Å². The number of esters is 1. The van der Waals surface area contributed by atoms with Crippen LogP contribution in [0.15, 0.2) is 35.5 Å². The molecule has 2 N–H and O–H groups in total. The first-order valence-corrected chi connectivity index (χ1v) is 12.2. The molecule has 2 aliphatic rings. The third kappa shape index (κ3) is 5.88. The van der Waals surface area contributed by atoms with Crippen molar-refractivity contribution in [1.82, 2.24) is 25.3 Å². The summed E-state index contributed by atoms with van der Waals surface area (Å²) in [5.74, 6) is -0.416. The van der Waals surface area contributed by atoms with Crippen LogP contribution in [0.5, 0.6) is 0 Å². The maximum atomic E-state index is 13.2. The van der Waals surface area contributed by atoms with E-state index in [9.17, 15) is 14.4 Å². The van der Waals surface area contributed by atoms with Gasteiger partial charge in [0.25, 0.3) is 0 Å². The van der Waals surface area contributed by atoms with Crippen LogP contribution in [0.1, 0.15) is 44.4 Å². The lowest BCUT2D eigenvalue weighted by molar-refractivity contribution is -0.139. The first-order valence-electron chi connectivity index (χ1n) is 12.2. The highest BCUT2D eigenvalue weighted by atomic mass is 16.5. The van der Waals surface area contributed by atoms with E-state index in [0.717, 1.165) is 24.1 Å². The molecule has 4 amide bonds. The van der Waals surface area contributed by atoms with E-state index in [0.29, 0.717) is 50.5 Å². The number of rotatable bonds is 7. The normalized spacial score (nSPS) is 19.5. The SMILES string of the molecule is CCNC(=O)N1CCCN(CC2=C(C(=O)OCC)C(c3cccc(C)c3)NC(=O)N2CC)CC1. The highest BCUT2D eigenvalue weighted by molar-refractivity contribution is 5.95. The van der Waals surface area contributed by atoms with Crippen LogP contribution >= 0.6 is 0 Å². The molecular weight excluding hydrogens is 434 g/mol. The lowest BCUT2D eigenvalue weighted by Gasteiger charge is -2.38. The van der Waals surface area contributed by atoms with Crippen LogP contribution in [0.2, 0.25) is 0 Å². The second-order valence-electron chi connectivity index (χ2n) is 8.57. The molecule has 186 valence electrons. The molecule has 2 aliphatic heterocycles. The Hall–Kier alpha value is -3.07. The molecule has 34 heavy (non-hydrogen) atoms. The Balaban J connectivity index is 1.96. The van der Waals surface area contributed by atoms with Crippen molar-refractivity contribution in [3.05, 3.63) is 46.7 Å². The van der Waals surface area contributed by atoms with Crippen LogP contribution in [0.4, 0.5) is 9.59 Å². The second kappa shape index (κ2) is 11.9. The Labute approximate surface area is 202 Å². The zero-order chi connectivity index (χ0) is 24.7. The van der Waals surface area contributed by atoms with Gasteiger partial charge in [0, 0.05) is 51.5 Å². The summed E-state index contributed by atoms with van der Waals surface area (Å²) in [6.07, 6.45) is 0.818. The van der Waals surface area contributed by atoms with E-state index in [1.807, 2.05) is 49.9 Å². The molecule has 0 bridgehead atoms. The average Bonchev–Trinajstić information content (AvgIpc) is 3.05.